The lowest BCUT2D eigenvalue weighted by Crippen LogP contribution is -2.11. The molecule has 0 spiro atoms. The van der Waals surface area contributed by atoms with Gasteiger partial charge in [0.25, 0.3) is 5.69 Å². The van der Waals surface area contributed by atoms with Gasteiger partial charge in [-0.05, 0) is 25.3 Å². The van der Waals surface area contributed by atoms with Crippen LogP contribution in [-0.4, -0.2) is 10.8 Å². The van der Waals surface area contributed by atoms with E-state index in [2.05, 4.69) is 0 Å². The van der Waals surface area contributed by atoms with Gasteiger partial charge < -0.3 is 5.73 Å². The Labute approximate surface area is 99.8 Å². The Morgan fingerprint density at radius 3 is 2.71 bits per heavy atom. The Morgan fingerprint density at radius 2 is 2.18 bits per heavy atom. The first-order valence-electron chi connectivity index (χ1n) is 5.45. The largest absolute Gasteiger partial charge is 0.370 e. The highest BCUT2D eigenvalue weighted by atomic mass is 16.6. The molecule has 0 bridgehead atoms. The summed E-state index contributed by atoms with van der Waals surface area (Å²) in [5.41, 5.74) is 6.81. The van der Waals surface area contributed by atoms with Crippen LogP contribution in [0.25, 0.3) is 0 Å². The molecule has 0 radical (unpaired) electrons. The molecule has 1 aromatic rings. The van der Waals surface area contributed by atoms with Gasteiger partial charge in [0.2, 0.25) is 5.91 Å². The fourth-order valence-electron chi connectivity index (χ4n) is 1.75. The average molecular weight is 236 g/mol. The Balaban J connectivity index is 2.97. The molecule has 0 aliphatic heterocycles. The minimum absolute atomic E-state index is 0.0530. The topological polar surface area (TPSA) is 86.2 Å². The Hall–Kier alpha value is -1.91. The van der Waals surface area contributed by atoms with Gasteiger partial charge in [0.15, 0.2) is 0 Å². The number of primary amides is 1. The van der Waals surface area contributed by atoms with Crippen molar-refractivity contribution in [2.24, 2.45) is 5.73 Å². The number of nitrogens with two attached hydrogens (primary N) is 1. The summed E-state index contributed by atoms with van der Waals surface area (Å²) in [4.78, 5) is 21.2. The van der Waals surface area contributed by atoms with E-state index in [4.69, 9.17) is 5.73 Å². The number of amides is 1. The molecule has 1 atom stereocenters. The van der Waals surface area contributed by atoms with Crippen LogP contribution in [-0.2, 0) is 4.79 Å². The van der Waals surface area contributed by atoms with Gasteiger partial charge in [0.05, 0.1) is 4.92 Å². The molecule has 1 amide bonds. The number of nitro groups is 1. The SMILES string of the molecule is Cc1ccc([N+](=O)[O-])c(C(C)CCC(N)=O)c1. The minimum Gasteiger partial charge on any atom is -0.370 e. The summed E-state index contributed by atoms with van der Waals surface area (Å²) >= 11 is 0. The van der Waals surface area contributed by atoms with E-state index in [-0.39, 0.29) is 23.9 Å². The van der Waals surface area contributed by atoms with E-state index in [1.807, 2.05) is 13.8 Å². The maximum absolute atomic E-state index is 10.9. The van der Waals surface area contributed by atoms with E-state index < -0.39 is 4.92 Å². The molecule has 0 aliphatic rings. The Bertz CT molecular complexity index is 443. The van der Waals surface area contributed by atoms with Crippen molar-refractivity contribution in [2.45, 2.75) is 32.6 Å². The zero-order valence-corrected chi connectivity index (χ0v) is 9.97. The molecular weight excluding hydrogens is 220 g/mol. The van der Waals surface area contributed by atoms with Crippen LogP contribution < -0.4 is 5.73 Å². The van der Waals surface area contributed by atoms with Crippen LogP contribution in [0, 0.1) is 17.0 Å². The maximum atomic E-state index is 10.9. The zero-order chi connectivity index (χ0) is 13.0. The molecule has 0 aromatic heterocycles. The fourth-order valence-corrected chi connectivity index (χ4v) is 1.75. The highest BCUT2D eigenvalue weighted by Crippen LogP contribution is 2.30. The number of benzene rings is 1. The van der Waals surface area contributed by atoms with Crippen molar-refractivity contribution in [3.8, 4) is 0 Å². The minimum atomic E-state index is -0.393. The van der Waals surface area contributed by atoms with Crippen LogP contribution in [0.1, 0.15) is 36.8 Å². The predicted octanol–water partition coefficient (Wildman–Crippen LogP) is 2.27. The van der Waals surface area contributed by atoms with Crippen LogP contribution in [0.15, 0.2) is 18.2 Å². The van der Waals surface area contributed by atoms with Gasteiger partial charge in [-0.2, -0.15) is 0 Å². The summed E-state index contributed by atoms with van der Waals surface area (Å²) in [6, 6.07) is 5.01. The molecule has 1 aromatic carbocycles. The molecule has 0 heterocycles. The monoisotopic (exact) mass is 236 g/mol. The molecule has 0 saturated heterocycles. The quantitative estimate of drug-likeness (QED) is 0.628. The van der Waals surface area contributed by atoms with Crippen molar-refractivity contribution >= 4 is 11.6 Å². The molecule has 1 unspecified atom stereocenters. The molecular formula is C12H16N2O3. The average Bonchev–Trinajstić information content (AvgIpc) is 2.25. The third-order valence-corrected chi connectivity index (χ3v) is 2.73. The number of rotatable bonds is 5. The number of nitrogens with zero attached hydrogens (tertiary/aromatic N) is 1. The smallest absolute Gasteiger partial charge is 0.272 e. The van der Waals surface area contributed by atoms with Crippen molar-refractivity contribution in [3.63, 3.8) is 0 Å². The molecule has 5 heteroatoms. The van der Waals surface area contributed by atoms with Gasteiger partial charge in [0.1, 0.15) is 0 Å². The van der Waals surface area contributed by atoms with E-state index in [1.165, 1.54) is 6.07 Å². The third kappa shape index (κ3) is 3.55. The number of nitro benzene ring substituents is 1. The first-order valence-corrected chi connectivity index (χ1v) is 5.45. The summed E-state index contributed by atoms with van der Waals surface area (Å²) in [5.74, 6) is -0.435. The molecule has 0 aliphatic carbocycles. The van der Waals surface area contributed by atoms with Crippen LogP contribution in [0.4, 0.5) is 5.69 Å². The molecule has 92 valence electrons. The third-order valence-electron chi connectivity index (χ3n) is 2.73. The number of carbonyl (C=O) groups is 1. The summed E-state index contributed by atoms with van der Waals surface area (Å²) in [6.45, 7) is 3.75. The van der Waals surface area contributed by atoms with Gasteiger partial charge in [0, 0.05) is 18.1 Å². The summed E-state index contributed by atoms with van der Waals surface area (Å²) in [6.07, 6.45) is 0.770. The number of hydrogen-bond donors (Lipinski definition) is 1. The van der Waals surface area contributed by atoms with E-state index in [1.54, 1.807) is 12.1 Å². The molecule has 0 saturated carbocycles. The van der Waals surface area contributed by atoms with Gasteiger partial charge >= 0.3 is 0 Å². The lowest BCUT2D eigenvalue weighted by Gasteiger charge is -2.11. The Morgan fingerprint density at radius 1 is 1.53 bits per heavy atom. The maximum Gasteiger partial charge on any atom is 0.272 e. The van der Waals surface area contributed by atoms with Crippen LogP contribution in [0.3, 0.4) is 0 Å². The standard InChI is InChI=1S/C12H16N2O3/c1-8-3-5-11(14(16)17)10(7-8)9(2)4-6-12(13)15/h3,5,7,9H,4,6H2,1-2H3,(H2,13,15). The molecule has 0 fully saturated rings. The summed E-state index contributed by atoms with van der Waals surface area (Å²) < 4.78 is 0. The molecule has 2 N–H and O–H groups in total. The van der Waals surface area contributed by atoms with Crippen LogP contribution in [0.5, 0.6) is 0 Å². The van der Waals surface area contributed by atoms with Crippen molar-refractivity contribution in [1.29, 1.82) is 0 Å². The second-order valence-electron chi connectivity index (χ2n) is 4.23. The van der Waals surface area contributed by atoms with Crippen molar-refractivity contribution in [3.05, 3.63) is 39.4 Å². The second kappa shape index (κ2) is 5.43. The van der Waals surface area contributed by atoms with Gasteiger partial charge in [-0.25, -0.2) is 0 Å². The number of aryl methyl sites for hydroxylation is 1. The lowest BCUT2D eigenvalue weighted by atomic mass is 9.93. The van der Waals surface area contributed by atoms with Gasteiger partial charge in [-0.1, -0.05) is 18.6 Å². The number of carbonyl (C=O) groups excluding carboxylic acids is 1. The first-order chi connectivity index (χ1) is 7.91. The normalized spacial score (nSPS) is 12.1. The van der Waals surface area contributed by atoms with Crippen molar-refractivity contribution < 1.29 is 9.72 Å². The van der Waals surface area contributed by atoms with E-state index in [0.29, 0.717) is 12.0 Å². The lowest BCUT2D eigenvalue weighted by molar-refractivity contribution is -0.385. The fraction of sp³-hybridized carbons (Fsp3) is 0.417. The molecule has 1 rings (SSSR count). The van der Waals surface area contributed by atoms with Crippen molar-refractivity contribution in [1.82, 2.24) is 0 Å². The predicted molar refractivity (Wildman–Crippen MR) is 64.7 cm³/mol. The Kier molecular flexibility index (Phi) is 4.20. The molecule has 17 heavy (non-hydrogen) atoms. The van der Waals surface area contributed by atoms with E-state index in [9.17, 15) is 14.9 Å². The molecule has 5 nitrogen and oxygen atoms in total. The first kappa shape index (κ1) is 13.2. The van der Waals surface area contributed by atoms with Gasteiger partial charge in [-0.3, -0.25) is 14.9 Å². The second-order valence-corrected chi connectivity index (χ2v) is 4.23. The van der Waals surface area contributed by atoms with Crippen molar-refractivity contribution in [2.75, 3.05) is 0 Å². The highest BCUT2D eigenvalue weighted by Gasteiger charge is 2.19. The summed E-state index contributed by atoms with van der Waals surface area (Å²) in [7, 11) is 0. The summed E-state index contributed by atoms with van der Waals surface area (Å²) in [5, 5.41) is 10.9. The number of hydrogen-bond acceptors (Lipinski definition) is 3. The van der Waals surface area contributed by atoms with Gasteiger partial charge in [-0.15, -0.1) is 0 Å². The van der Waals surface area contributed by atoms with E-state index in [0.717, 1.165) is 5.56 Å². The highest BCUT2D eigenvalue weighted by molar-refractivity contribution is 5.73. The van der Waals surface area contributed by atoms with E-state index >= 15 is 0 Å². The van der Waals surface area contributed by atoms with Crippen LogP contribution >= 0.6 is 0 Å². The zero-order valence-electron chi connectivity index (χ0n) is 9.97. The van der Waals surface area contributed by atoms with Crippen LogP contribution in [0.2, 0.25) is 0 Å².